The van der Waals surface area contributed by atoms with Crippen molar-refractivity contribution in [3.05, 3.63) is 35.4 Å². The lowest BCUT2D eigenvalue weighted by Crippen LogP contribution is -2.27. The highest BCUT2D eigenvalue weighted by molar-refractivity contribution is 5.32. The van der Waals surface area contributed by atoms with Crippen LogP contribution in [0.1, 0.15) is 43.9 Å². The van der Waals surface area contributed by atoms with Gasteiger partial charge in [-0.15, -0.1) is 0 Å². The third kappa shape index (κ3) is 3.25. The van der Waals surface area contributed by atoms with Crippen molar-refractivity contribution in [3.8, 4) is 0 Å². The molecule has 4 heteroatoms. The Morgan fingerprint density at radius 1 is 1.11 bits per heavy atom. The predicted octanol–water partition coefficient (Wildman–Crippen LogP) is 4.40. The third-order valence-electron chi connectivity index (χ3n) is 3.43. The smallest absolute Gasteiger partial charge is 0.313 e. The normalized spacial score (nSPS) is 13.9. The summed E-state index contributed by atoms with van der Waals surface area (Å²) in [4.78, 5) is 0. The van der Waals surface area contributed by atoms with Gasteiger partial charge in [0.05, 0.1) is 5.56 Å². The third-order valence-corrected chi connectivity index (χ3v) is 3.43. The standard InChI is InChI=1S/C14H20F3N/c1-4-10(5-2)13(18-3)11-8-6-7-9-12(11)14(15,16)17/h6-10,13,18H,4-5H2,1-3H3. The average Bonchev–Trinajstić information content (AvgIpc) is 2.34. The van der Waals surface area contributed by atoms with Crippen LogP contribution in [0.15, 0.2) is 24.3 Å². The maximum Gasteiger partial charge on any atom is 0.416 e. The quantitative estimate of drug-likeness (QED) is 0.826. The molecule has 0 aliphatic carbocycles. The molecule has 0 saturated heterocycles. The van der Waals surface area contributed by atoms with Gasteiger partial charge in [-0.3, -0.25) is 0 Å². The second-order valence-electron chi connectivity index (χ2n) is 4.43. The molecule has 0 aliphatic heterocycles. The van der Waals surface area contributed by atoms with Crippen LogP contribution in [-0.4, -0.2) is 7.05 Å². The number of alkyl halides is 3. The Morgan fingerprint density at radius 3 is 2.11 bits per heavy atom. The van der Waals surface area contributed by atoms with Gasteiger partial charge in [-0.25, -0.2) is 0 Å². The van der Waals surface area contributed by atoms with Crippen LogP contribution in [0, 0.1) is 5.92 Å². The van der Waals surface area contributed by atoms with E-state index < -0.39 is 11.7 Å². The molecule has 1 atom stereocenters. The number of hydrogen-bond acceptors (Lipinski definition) is 1. The van der Waals surface area contributed by atoms with Gasteiger partial charge in [-0.1, -0.05) is 44.9 Å². The zero-order valence-corrected chi connectivity index (χ0v) is 11.0. The second kappa shape index (κ2) is 6.23. The summed E-state index contributed by atoms with van der Waals surface area (Å²) in [6.07, 6.45) is -2.58. The first-order valence-corrected chi connectivity index (χ1v) is 6.29. The fraction of sp³-hybridized carbons (Fsp3) is 0.571. The van der Waals surface area contributed by atoms with Crippen LogP contribution < -0.4 is 5.32 Å². The minimum Gasteiger partial charge on any atom is -0.313 e. The van der Waals surface area contributed by atoms with Crippen LogP contribution in [0.2, 0.25) is 0 Å². The fourth-order valence-electron chi connectivity index (χ4n) is 2.43. The van der Waals surface area contributed by atoms with Crippen molar-refractivity contribution in [2.75, 3.05) is 7.05 Å². The highest BCUT2D eigenvalue weighted by atomic mass is 19.4. The molecule has 0 bridgehead atoms. The Morgan fingerprint density at radius 2 is 1.67 bits per heavy atom. The monoisotopic (exact) mass is 259 g/mol. The minimum atomic E-state index is -4.29. The van der Waals surface area contributed by atoms with E-state index in [0.717, 1.165) is 18.9 Å². The lowest BCUT2D eigenvalue weighted by molar-refractivity contribution is -0.138. The molecule has 1 aromatic rings. The SMILES string of the molecule is CCC(CC)C(NC)c1ccccc1C(F)(F)F. The molecule has 0 radical (unpaired) electrons. The first-order chi connectivity index (χ1) is 8.45. The van der Waals surface area contributed by atoms with E-state index >= 15 is 0 Å². The van der Waals surface area contributed by atoms with Gasteiger partial charge in [-0.05, 0) is 24.6 Å². The van der Waals surface area contributed by atoms with Crippen molar-refractivity contribution in [3.63, 3.8) is 0 Å². The molecule has 0 aromatic heterocycles. The molecule has 18 heavy (non-hydrogen) atoms. The van der Waals surface area contributed by atoms with E-state index in [1.165, 1.54) is 6.07 Å². The lowest BCUT2D eigenvalue weighted by Gasteiger charge is -2.27. The Balaban J connectivity index is 3.21. The van der Waals surface area contributed by atoms with Gasteiger partial charge in [0, 0.05) is 6.04 Å². The Bertz CT molecular complexity index is 370. The van der Waals surface area contributed by atoms with Gasteiger partial charge in [0.2, 0.25) is 0 Å². The molecule has 1 nitrogen and oxygen atoms in total. The van der Waals surface area contributed by atoms with Gasteiger partial charge >= 0.3 is 6.18 Å². The second-order valence-corrected chi connectivity index (χ2v) is 4.43. The van der Waals surface area contributed by atoms with Crippen LogP contribution in [0.4, 0.5) is 13.2 Å². The molecule has 0 heterocycles. The molecule has 0 spiro atoms. The van der Waals surface area contributed by atoms with E-state index in [2.05, 4.69) is 5.32 Å². The largest absolute Gasteiger partial charge is 0.416 e. The zero-order valence-electron chi connectivity index (χ0n) is 11.0. The Kier molecular flexibility index (Phi) is 5.20. The summed E-state index contributed by atoms with van der Waals surface area (Å²) in [7, 11) is 1.72. The molecule has 1 aromatic carbocycles. The maximum atomic E-state index is 13.0. The van der Waals surface area contributed by atoms with Crippen LogP contribution in [0.5, 0.6) is 0 Å². The number of benzene rings is 1. The van der Waals surface area contributed by atoms with Crippen molar-refractivity contribution >= 4 is 0 Å². The molecular weight excluding hydrogens is 239 g/mol. The van der Waals surface area contributed by atoms with Crippen LogP contribution in [-0.2, 0) is 6.18 Å². The summed E-state index contributed by atoms with van der Waals surface area (Å²) >= 11 is 0. The van der Waals surface area contributed by atoms with Crippen molar-refractivity contribution in [2.45, 2.75) is 38.9 Å². The average molecular weight is 259 g/mol. The van der Waals surface area contributed by atoms with Gasteiger partial charge in [-0.2, -0.15) is 13.2 Å². The van der Waals surface area contributed by atoms with Crippen molar-refractivity contribution < 1.29 is 13.2 Å². The van der Waals surface area contributed by atoms with Crippen LogP contribution >= 0.6 is 0 Å². The van der Waals surface area contributed by atoms with Crippen LogP contribution in [0.3, 0.4) is 0 Å². The van der Waals surface area contributed by atoms with Gasteiger partial charge < -0.3 is 5.32 Å². The van der Waals surface area contributed by atoms with E-state index in [-0.39, 0.29) is 12.0 Å². The van der Waals surface area contributed by atoms with Gasteiger partial charge in [0.15, 0.2) is 0 Å². The van der Waals surface area contributed by atoms with Gasteiger partial charge in [0.1, 0.15) is 0 Å². The topological polar surface area (TPSA) is 12.0 Å². The molecule has 0 aliphatic rings. The molecular formula is C14H20F3N. The first-order valence-electron chi connectivity index (χ1n) is 6.29. The van der Waals surface area contributed by atoms with E-state index in [1.54, 1.807) is 19.2 Å². The summed E-state index contributed by atoms with van der Waals surface area (Å²) in [5, 5.41) is 3.03. The number of hydrogen-bond donors (Lipinski definition) is 1. The molecule has 0 saturated carbocycles. The number of nitrogens with one attached hydrogen (secondary N) is 1. The summed E-state index contributed by atoms with van der Waals surface area (Å²) in [6, 6.07) is 5.57. The molecule has 0 amide bonds. The summed E-state index contributed by atoms with van der Waals surface area (Å²) in [5.41, 5.74) is -0.183. The van der Waals surface area contributed by atoms with Crippen molar-refractivity contribution in [1.82, 2.24) is 5.32 Å². The first kappa shape index (κ1) is 15.0. The Labute approximate surface area is 106 Å². The number of rotatable bonds is 5. The van der Waals surface area contributed by atoms with E-state index in [0.29, 0.717) is 5.56 Å². The maximum absolute atomic E-state index is 13.0. The highest BCUT2D eigenvalue weighted by Crippen LogP contribution is 2.37. The summed E-state index contributed by atoms with van der Waals surface area (Å²) in [6.45, 7) is 4.02. The van der Waals surface area contributed by atoms with Crippen molar-refractivity contribution in [2.24, 2.45) is 5.92 Å². The molecule has 0 fully saturated rings. The van der Waals surface area contributed by atoms with E-state index in [4.69, 9.17) is 0 Å². The van der Waals surface area contributed by atoms with E-state index in [1.807, 2.05) is 13.8 Å². The molecule has 102 valence electrons. The Hall–Kier alpha value is -1.03. The van der Waals surface area contributed by atoms with Crippen molar-refractivity contribution in [1.29, 1.82) is 0 Å². The fourth-order valence-corrected chi connectivity index (χ4v) is 2.43. The molecule has 1 unspecified atom stereocenters. The van der Waals surface area contributed by atoms with E-state index in [9.17, 15) is 13.2 Å². The highest BCUT2D eigenvalue weighted by Gasteiger charge is 2.35. The zero-order chi connectivity index (χ0) is 13.8. The lowest BCUT2D eigenvalue weighted by atomic mass is 9.86. The molecule has 1 rings (SSSR count). The summed E-state index contributed by atoms with van der Waals surface area (Å²) < 4.78 is 39.0. The predicted molar refractivity (Wildman–Crippen MR) is 67.3 cm³/mol. The van der Waals surface area contributed by atoms with Gasteiger partial charge in [0.25, 0.3) is 0 Å². The van der Waals surface area contributed by atoms with Crippen LogP contribution in [0.25, 0.3) is 0 Å². The minimum absolute atomic E-state index is 0.207. The summed E-state index contributed by atoms with van der Waals surface area (Å²) in [5.74, 6) is 0.207. The molecule has 1 N–H and O–H groups in total. The number of halogens is 3.